The molecule has 1 aromatic heterocycles. The molecule has 16 heavy (non-hydrogen) atoms. The molecule has 0 saturated carbocycles. The summed E-state index contributed by atoms with van der Waals surface area (Å²) in [5.41, 5.74) is 5.10. The Hall–Kier alpha value is -1.92. The van der Waals surface area contributed by atoms with E-state index < -0.39 is 23.2 Å². The van der Waals surface area contributed by atoms with E-state index in [0.29, 0.717) is 0 Å². The van der Waals surface area contributed by atoms with Gasteiger partial charge >= 0.3 is 0 Å². The number of hydrogen-bond acceptors (Lipinski definition) is 3. The molecule has 0 amide bonds. The van der Waals surface area contributed by atoms with Gasteiger partial charge in [-0.3, -0.25) is 4.68 Å². The lowest BCUT2D eigenvalue weighted by Crippen LogP contribution is -1.99. The number of halogens is 3. The molecular weight excluding hydrogens is 223 g/mol. The van der Waals surface area contributed by atoms with E-state index in [2.05, 4.69) is 9.84 Å². The van der Waals surface area contributed by atoms with Gasteiger partial charge in [0.1, 0.15) is 11.3 Å². The van der Waals surface area contributed by atoms with Crippen LogP contribution < -0.4 is 10.5 Å². The summed E-state index contributed by atoms with van der Waals surface area (Å²) < 4.78 is 46.0. The van der Waals surface area contributed by atoms with Gasteiger partial charge in [0.2, 0.25) is 5.82 Å². The number of fused-ring (bicyclic) bond motifs is 1. The summed E-state index contributed by atoms with van der Waals surface area (Å²) >= 11 is 0. The van der Waals surface area contributed by atoms with Crippen molar-refractivity contribution in [2.45, 2.75) is 0 Å². The fraction of sp³-hybridized carbons (Fsp3) is 0.222. The molecule has 2 aromatic rings. The van der Waals surface area contributed by atoms with Crippen molar-refractivity contribution >= 4 is 16.7 Å². The topological polar surface area (TPSA) is 53.1 Å². The number of nitrogen functional groups attached to an aromatic ring is 1. The molecule has 0 aliphatic rings. The highest BCUT2D eigenvalue weighted by molar-refractivity contribution is 5.91. The van der Waals surface area contributed by atoms with Crippen molar-refractivity contribution in [1.29, 1.82) is 0 Å². The molecule has 4 nitrogen and oxygen atoms in total. The number of rotatable bonds is 1. The van der Waals surface area contributed by atoms with E-state index in [1.54, 1.807) is 0 Å². The quantitative estimate of drug-likeness (QED) is 0.758. The van der Waals surface area contributed by atoms with Gasteiger partial charge < -0.3 is 10.5 Å². The molecule has 1 heterocycles. The second-order valence-corrected chi connectivity index (χ2v) is 3.21. The lowest BCUT2D eigenvalue weighted by molar-refractivity contribution is 0.350. The Balaban J connectivity index is 3.01. The Morgan fingerprint density at radius 1 is 1.19 bits per heavy atom. The number of methoxy groups -OCH3 is 1. The average Bonchev–Trinajstić information content (AvgIpc) is 2.54. The van der Waals surface area contributed by atoms with E-state index in [9.17, 15) is 13.2 Å². The van der Waals surface area contributed by atoms with Crippen LogP contribution in [0.4, 0.5) is 19.0 Å². The number of aromatic nitrogens is 2. The van der Waals surface area contributed by atoms with Gasteiger partial charge in [-0.05, 0) is 0 Å². The Morgan fingerprint density at radius 2 is 1.81 bits per heavy atom. The normalized spacial score (nSPS) is 11.1. The zero-order valence-corrected chi connectivity index (χ0v) is 8.51. The van der Waals surface area contributed by atoms with Crippen LogP contribution in [0.25, 0.3) is 10.9 Å². The molecule has 7 heteroatoms. The number of aryl methyl sites for hydroxylation is 1. The van der Waals surface area contributed by atoms with Gasteiger partial charge in [-0.2, -0.15) is 9.49 Å². The summed E-state index contributed by atoms with van der Waals surface area (Å²) in [4.78, 5) is 0. The predicted octanol–water partition coefficient (Wildman–Crippen LogP) is 1.58. The number of nitrogens with zero attached hydrogens (tertiary/aromatic N) is 2. The molecule has 0 bridgehead atoms. The number of hydrogen-bond donors (Lipinski definition) is 1. The zero-order valence-electron chi connectivity index (χ0n) is 8.51. The number of anilines is 1. The highest BCUT2D eigenvalue weighted by Gasteiger charge is 2.25. The highest BCUT2D eigenvalue weighted by atomic mass is 19.2. The van der Waals surface area contributed by atoms with Gasteiger partial charge in [0.05, 0.1) is 12.5 Å². The third-order valence-corrected chi connectivity index (χ3v) is 2.31. The van der Waals surface area contributed by atoms with Gasteiger partial charge in [-0.15, -0.1) is 0 Å². The lowest BCUT2D eigenvalue weighted by atomic mass is 10.2. The van der Waals surface area contributed by atoms with Crippen molar-refractivity contribution in [2.24, 2.45) is 7.05 Å². The van der Waals surface area contributed by atoms with Gasteiger partial charge in [-0.1, -0.05) is 0 Å². The molecule has 86 valence electrons. The summed E-state index contributed by atoms with van der Waals surface area (Å²) in [6, 6.07) is 0. The monoisotopic (exact) mass is 231 g/mol. The molecule has 0 unspecified atom stereocenters. The minimum Gasteiger partial charge on any atom is -0.491 e. The fourth-order valence-corrected chi connectivity index (χ4v) is 1.50. The Labute approximate surface area is 88.4 Å². The Kier molecular flexibility index (Phi) is 2.18. The molecule has 0 atom stereocenters. The summed E-state index contributed by atoms with van der Waals surface area (Å²) in [5, 5.41) is 3.28. The molecule has 2 rings (SSSR count). The van der Waals surface area contributed by atoms with Crippen LogP contribution in [-0.2, 0) is 7.05 Å². The summed E-state index contributed by atoms with van der Waals surface area (Å²) in [6.45, 7) is 0. The molecular formula is C9H8F3N3O. The zero-order chi connectivity index (χ0) is 12.0. The van der Waals surface area contributed by atoms with E-state index in [1.807, 2.05) is 0 Å². The average molecular weight is 231 g/mol. The lowest BCUT2D eigenvalue weighted by Gasteiger charge is -2.04. The predicted molar refractivity (Wildman–Crippen MR) is 51.6 cm³/mol. The smallest absolute Gasteiger partial charge is 0.204 e. The maximum absolute atomic E-state index is 13.6. The standard InChI is InChI=1S/C9H8F3N3O/c1-15-9(13)3-4(10)5(11)8(16-2)6(12)7(3)14-15/h13H2,1-2H3. The van der Waals surface area contributed by atoms with Gasteiger partial charge in [0.25, 0.3) is 0 Å². The van der Waals surface area contributed by atoms with E-state index in [1.165, 1.54) is 7.05 Å². The van der Waals surface area contributed by atoms with Gasteiger partial charge in [0.15, 0.2) is 17.4 Å². The van der Waals surface area contributed by atoms with E-state index in [0.717, 1.165) is 11.8 Å². The number of nitrogens with two attached hydrogens (primary N) is 1. The van der Waals surface area contributed by atoms with Crippen LogP contribution in [0.15, 0.2) is 0 Å². The largest absolute Gasteiger partial charge is 0.491 e. The molecule has 0 fully saturated rings. The van der Waals surface area contributed by atoms with Crippen LogP contribution >= 0.6 is 0 Å². The van der Waals surface area contributed by atoms with Crippen LogP contribution in [-0.4, -0.2) is 16.9 Å². The van der Waals surface area contributed by atoms with Crippen molar-refractivity contribution in [1.82, 2.24) is 9.78 Å². The van der Waals surface area contributed by atoms with Crippen LogP contribution in [0.3, 0.4) is 0 Å². The van der Waals surface area contributed by atoms with Crippen LogP contribution in [0.5, 0.6) is 5.75 Å². The molecule has 1 aromatic carbocycles. The van der Waals surface area contributed by atoms with Crippen molar-refractivity contribution in [3.8, 4) is 5.75 Å². The second-order valence-electron chi connectivity index (χ2n) is 3.21. The van der Waals surface area contributed by atoms with E-state index >= 15 is 0 Å². The van der Waals surface area contributed by atoms with Crippen molar-refractivity contribution < 1.29 is 17.9 Å². The molecule has 0 radical (unpaired) electrons. The van der Waals surface area contributed by atoms with E-state index in [-0.39, 0.29) is 16.7 Å². The molecule has 0 aliphatic heterocycles. The van der Waals surface area contributed by atoms with E-state index in [4.69, 9.17) is 5.73 Å². The minimum absolute atomic E-state index is 0.145. The number of benzene rings is 1. The highest BCUT2D eigenvalue weighted by Crippen LogP contribution is 2.34. The molecule has 0 saturated heterocycles. The first-order valence-corrected chi connectivity index (χ1v) is 4.31. The fourth-order valence-electron chi connectivity index (χ4n) is 1.50. The molecule has 2 N–H and O–H groups in total. The third-order valence-electron chi connectivity index (χ3n) is 2.31. The number of ether oxygens (including phenoxy) is 1. The Morgan fingerprint density at radius 3 is 2.38 bits per heavy atom. The summed E-state index contributed by atoms with van der Waals surface area (Å²) in [7, 11) is 2.44. The first-order valence-electron chi connectivity index (χ1n) is 4.31. The molecule has 0 spiro atoms. The Bertz CT molecular complexity index is 579. The van der Waals surface area contributed by atoms with Crippen LogP contribution in [0, 0.1) is 17.5 Å². The second kappa shape index (κ2) is 3.29. The third kappa shape index (κ3) is 1.14. The molecule has 0 aliphatic carbocycles. The van der Waals surface area contributed by atoms with Crippen molar-refractivity contribution in [2.75, 3.05) is 12.8 Å². The maximum atomic E-state index is 13.6. The van der Waals surface area contributed by atoms with Crippen molar-refractivity contribution in [3.05, 3.63) is 17.5 Å². The van der Waals surface area contributed by atoms with Crippen molar-refractivity contribution in [3.63, 3.8) is 0 Å². The van der Waals surface area contributed by atoms with Gasteiger partial charge in [-0.25, -0.2) is 8.78 Å². The van der Waals surface area contributed by atoms with Crippen LogP contribution in [0.1, 0.15) is 0 Å². The SMILES string of the molecule is COc1c(F)c(F)c2c(N)n(C)nc2c1F. The first-order chi connectivity index (χ1) is 7.49. The summed E-state index contributed by atoms with van der Waals surface area (Å²) in [5.74, 6) is -4.69. The first kappa shape index (κ1) is 10.6. The maximum Gasteiger partial charge on any atom is 0.204 e. The summed E-state index contributed by atoms with van der Waals surface area (Å²) in [6.07, 6.45) is 0. The minimum atomic E-state index is -1.41. The van der Waals surface area contributed by atoms with Gasteiger partial charge in [0, 0.05) is 7.05 Å². The van der Waals surface area contributed by atoms with Crippen LogP contribution in [0.2, 0.25) is 0 Å².